The zero-order chi connectivity index (χ0) is 20.6. The standard InChI is InChI=1S/C21H28BrFN2O3/c1-21(2,3)10-24-20(27)17-11-5-6-12(7-11)18(17)25-19(26)13-8-14(22)15(23)9-16(13)28-4/h8-9,11-12,17-18H,5-7,10H2,1-4H3,(H,24,27)(H,25,26)/t11-,12+,17+,18-/m1/s1. The maximum atomic E-state index is 13.8. The molecule has 2 amide bonds. The quantitative estimate of drug-likeness (QED) is 0.708. The summed E-state index contributed by atoms with van der Waals surface area (Å²) in [6.07, 6.45) is 3.00. The van der Waals surface area contributed by atoms with Crippen molar-refractivity contribution in [3.05, 3.63) is 28.0 Å². The SMILES string of the molecule is COc1cc(F)c(Br)cc1C(=O)N[C@@H]1[C@H]2CC[C@H](C2)[C@@H]1C(=O)NCC(C)(C)C. The number of carbonyl (C=O) groups is 2. The van der Waals surface area contributed by atoms with Gasteiger partial charge in [-0.1, -0.05) is 20.8 Å². The second-order valence-electron chi connectivity index (χ2n) is 9.10. The summed E-state index contributed by atoms with van der Waals surface area (Å²) < 4.78 is 19.2. The van der Waals surface area contributed by atoms with Crippen molar-refractivity contribution in [3.8, 4) is 5.75 Å². The van der Waals surface area contributed by atoms with Gasteiger partial charge in [-0.15, -0.1) is 0 Å². The fourth-order valence-corrected chi connectivity index (χ4v) is 4.79. The number of methoxy groups -OCH3 is 1. The first kappa shape index (κ1) is 21.1. The number of hydrogen-bond donors (Lipinski definition) is 2. The van der Waals surface area contributed by atoms with Crippen molar-refractivity contribution in [3.63, 3.8) is 0 Å². The van der Waals surface area contributed by atoms with Gasteiger partial charge >= 0.3 is 0 Å². The van der Waals surface area contributed by atoms with Crippen molar-refractivity contribution in [2.45, 2.75) is 46.1 Å². The lowest BCUT2D eigenvalue weighted by Crippen LogP contribution is -2.50. The van der Waals surface area contributed by atoms with Gasteiger partial charge in [-0.25, -0.2) is 4.39 Å². The number of amides is 2. The van der Waals surface area contributed by atoms with Crippen molar-refractivity contribution in [1.82, 2.24) is 10.6 Å². The number of benzene rings is 1. The predicted octanol–water partition coefficient (Wildman–Crippen LogP) is 3.90. The summed E-state index contributed by atoms with van der Waals surface area (Å²) in [5.74, 6) is -0.266. The summed E-state index contributed by atoms with van der Waals surface area (Å²) in [5, 5.41) is 6.11. The van der Waals surface area contributed by atoms with E-state index in [0.717, 1.165) is 19.3 Å². The molecule has 28 heavy (non-hydrogen) atoms. The van der Waals surface area contributed by atoms with E-state index in [9.17, 15) is 14.0 Å². The number of halogens is 2. The summed E-state index contributed by atoms with van der Waals surface area (Å²) in [6.45, 7) is 6.82. The second kappa shape index (κ2) is 8.01. The Labute approximate surface area is 173 Å². The summed E-state index contributed by atoms with van der Waals surface area (Å²) in [7, 11) is 1.40. The first-order chi connectivity index (χ1) is 13.1. The Hall–Kier alpha value is -1.63. The van der Waals surface area contributed by atoms with Gasteiger partial charge in [-0.05, 0) is 58.5 Å². The highest BCUT2D eigenvalue weighted by Gasteiger charge is 2.51. The lowest BCUT2D eigenvalue weighted by atomic mass is 9.83. The van der Waals surface area contributed by atoms with E-state index >= 15 is 0 Å². The van der Waals surface area contributed by atoms with E-state index in [2.05, 4.69) is 47.3 Å². The monoisotopic (exact) mass is 454 g/mol. The van der Waals surface area contributed by atoms with Crippen molar-refractivity contribution < 1.29 is 18.7 Å². The number of carbonyl (C=O) groups excluding carboxylic acids is 2. The number of ether oxygens (including phenoxy) is 1. The average molecular weight is 455 g/mol. The Kier molecular flexibility index (Phi) is 6.03. The summed E-state index contributed by atoms with van der Waals surface area (Å²) >= 11 is 3.12. The van der Waals surface area contributed by atoms with Crippen LogP contribution in [0.15, 0.2) is 16.6 Å². The Balaban J connectivity index is 1.77. The van der Waals surface area contributed by atoms with Crippen LogP contribution in [0.5, 0.6) is 5.75 Å². The van der Waals surface area contributed by atoms with Crippen LogP contribution in [0.4, 0.5) is 4.39 Å². The van der Waals surface area contributed by atoms with Crippen molar-refractivity contribution >= 4 is 27.7 Å². The minimum absolute atomic E-state index is 0.000220. The van der Waals surface area contributed by atoms with E-state index in [4.69, 9.17) is 4.74 Å². The lowest BCUT2D eigenvalue weighted by molar-refractivity contribution is -0.127. The van der Waals surface area contributed by atoms with Crippen molar-refractivity contribution in [1.29, 1.82) is 0 Å². The topological polar surface area (TPSA) is 67.4 Å². The smallest absolute Gasteiger partial charge is 0.255 e. The summed E-state index contributed by atoms with van der Waals surface area (Å²) in [4.78, 5) is 25.8. The second-order valence-corrected chi connectivity index (χ2v) is 9.96. The molecule has 0 aromatic heterocycles. The average Bonchev–Trinajstić information content (AvgIpc) is 3.22. The molecule has 2 fully saturated rings. The zero-order valence-electron chi connectivity index (χ0n) is 16.8. The molecule has 2 N–H and O–H groups in total. The zero-order valence-corrected chi connectivity index (χ0v) is 18.4. The lowest BCUT2D eigenvalue weighted by Gasteiger charge is -2.32. The van der Waals surface area contributed by atoms with Crippen LogP contribution in [0.25, 0.3) is 0 Å². The van der Waals surface area contributed by atoms with Crippen LogP contribution in [0.2, 0.25) is 0 Å². The fraction of sp³-hybridized carbons (Fsp3) is 0.619. The molecule has 7 heteroatoms. The van der Waals surface area contributed by atoms with Crippen LogP contribution >= 0.6 is 15.9 Å². The highest BCUT2D eigenvalue weighted by Crippen LogP contribution is 2.48. The van der Waals surface area contributed by atoms with Gasteiger partial charge in [-0.2, -0.15) is 0 Å². The van der Waals surface area contributed by atoms with Gasteiger partial charge < -0.3 is 15.4 Å². The molecule has 5 nitrogen and oxygen atoms in total. The van der Waals surface area contributed by atoms with E-state index in [0.29, 0.717) is 18.4 Å². The Morgan fingerprint density at radius 3 is 2.57 bits per heavy atom. The maximum absolute atomic E-state index is 13.8. The molecule has 2 bridgehead atoms. The molecule has 0 heterocycles. The Morgan fingerprint density at radius 1 is 1.25 bits per heavy atom. The first-order valence-corrected chi connectivity index (χ1v) is 10.5. The van der Waals surface area contributed by atoms with Crippen LogP contribution < -0.4 is 15.4 Å². The number of hydrogen-bond acceptors (Lipinski definition) is 3. The normalized spacial score (nSPS) is 26.2. The van der Waals surface area contributed by atoms with Crippen LogP contribution in [0, 0.1) is 29.0 Å². The minimum atomic E-state index is -0.493. The minimum Gasteiger partial charge on any atom is -0.496 e. The van der Waals surface area contributed by atoms with Gasteiger partial charge in [0, 0.05) is 18.7 Å². The van der Waals surface area contributed by atoms with Gasteiger partial charge in [0.1, 0.15) is 11.6 Å². The highest BCUT2D eigenvalue weighted by molar-refractivity contribution is 9.10. The largest absolute Gasteiger partial charge is 0.496 e. The van der Waals surface area contributed by atoms with E-state index in [1.807, 2.05) is 0 Å². The van der Waals surface area contributed by atoms with Crippen molar-refractivity contribution in [2.24, 2.45) is 23.2 Å². The van der Waals surface area contributed by atoms with Gasteiger partial charge in [0.2, 0.25) is 5.91 Å². The van der Waals surface area contributed by atoms with Gasteiger partial charge in [0.25, 0.3) is 5.91 Å². The third-order valence-corrected chi connectivity index (χ3v) is 6.40. The van der Waals surface area contributed by atoms with E-state index < -0.39 is 5.82 Å². The number of fused-ring (bicyclic) bond motifs is 2. The highest BCUT2D eigenvalue weighted by atomic mass is 79.9. The molecule has 2 aliphatic carbocycles. The summed E-state index contributed by atoms with van der Waals surface area (Å²) in [5.41, 5.74) is 0.257. The third kappa shape index (κ3) is 4.34. The van der Waals surface area contributed by atoms with E-state index in [-0.39, 0.29) is 45.0 Å². The third-order valence-electron chi connectivity index (χ3n) is 5.80. The Bertz CT molecular complexity index is 778. The molecular formula is C21H28BrFN2O3. The van der Waals surface area contributed by atoms with Crippen molar-refractivity contribution in [2.75, 3.05) is 13.7 Å². The van der Waals surface area contributed by atoms with Crippen LogP contribution in [0.3, 0.4) is 0 Å². The molecule has 4 atom stereocenters. The Morgan fingerprint density at radius 2 is 1.93 bits per heavy atom. The molecule has 2 saturated carbocycles. The molecule has 0 saturated heterocycles. The van der Waals surface area contributed by atoms with Crippen LogP contribution in [-0.2, 0) is 4.79 Å². The van der Waals surface area contributed by atoms with Gasteiger partial charge in [0.05, 0.1) is 23.1 Å². The molecule has 1 aromatic rings. The van der Waals surface area contributed by atoms with E-state index in [1.165, 1.54) is 19.2 Å². The molecule has 0 radical (unpaired) electrons. The predicted molar refractivity (Wildman–Crippen MR) is 109 cm³/mol. The molecule has 0 aliphatic heterocycles. The van der Waals surface area contributed by atoms with E-state index in [1.54, 1.807) is 0 Å². The molecule has 2 aliphatic rings. The number of rotatable bonds is 5. The molecule has 0 spiro atoms. The molecule has 154 valence electrons. The first-order valence-electron chi connectivity index (χ1n) is 9.72. The molecule has 1 aromatic carbocycles. The number of nitrogens with one attached hydrogen (secondary N) is 2. The fourth-order valence-electron chi connectivity index (χ4n) is 4.45. The van der Waals surface area contributed by atoms with Gasteiger partial charge in [0.15, 0.2) is 0 Å². The molecule has 0 unspecified atom stereocenters. The maximum Gasteiger partial charge on any atom is 0.255 e. The molecule has 3 rings (SSSR count). The van der Waals surface area contributed by atoms with Crippen LogP contribution in [0.1, 0.15) is 50.4 Å². The van der Waals surface area contributed by atoms with Crippen LogP contribution in [-0.4, -0.2) is 31.5 Å². The summed E-state index contributed by atoms with van der Waals surface area (Å²) in [6, 6.07) is 2.40. The molecular weight excluding hydrogens is 427 g/mol. The van der Waals surface area contributed by atoms with Gasteiger partial charge in [-0.3, -0.25) is 9.59 Å².